The van der Waals surface area contributed by atoms with Crippen molar-refractivity contribution in [3.05, 3.63) is 29.8 Å². The Labute approximate surface area is 82.1 Å². The molecule has 0 heterocycles. The Balaban J connectivity index is 2.99. The molecule has 0 bridgehead atoms. The number of benzene rings is 1. The van der Waals surface area contributed by atoms with Crippen molar-refractivity contribution in [3.63, 3.8) is 0 Å². The molecular weight excluding hydrogens is 184 g/mol. The number of rotatable bonds is 3. The van der Waals surface area contributed by atoms with E-state index in [1.54, 1.807) is 24.3 Å². The monoisotopic (exact) mass is 196 g/mol. The van der Waals surface area contributed by atoms with Crippen LogP contribution in [-0.4, -0.2) is 25.3 Å². The van der Waals surface area contributed by atoms with Crippen LogP contribution < -0.4 is 4.74 Å². The molecule has 1 atom stereocenters. The third kappa shape index (κ3) is 2.03. The van der Waals surface area contributed by atoms with E-state index >= 15 is 0 Å². The summed E-state index contributed by atoms with van der Waals surface area (Å²) in [6.07, 6.45) is -1.30. The van der Waals surface area contributed by atoms with Crippen molar-refractivity contribution in [1.29, 1.82) is 0 Å². The van der Waals surface area contributed by atoms with Gasteiger partial charge < -0.3 is 14.6 Å². The fourth-order valence-electron chi connectivity index (χ4n) is 1.13. The molecule has 14 heavy (non-hydrogen) atoms. The molecule has 0 aliphatic rings. The summed E-state index contributed by atoms with van der Waals surface area (Å²) in [6.45, 7) is 0. The van der Waals surface area contributed by atoms with Crippen LogP contribution in [-0.2, 0) is 9.53 Å². The minimum atomic E-state index is -1.30. The molecule has 76 valence electrons. The molecule has 0 spiro atoms. The van der Waals surface area contributed by atoms with E-state index in [0.717, 1.165) is 0 Å². The van der Waals surface area contributed by atoms with E-state index in [4.69, 9.17) is 4.74 Å². The van der Waals surface area contributed by atoms with Crippen LogP contribution in [0.1, 0.15) is 11.7 Å². The maximum atomic E-state index is 11.1. The molecule has 1 N–H and O–H groups in total. The number of carbonyl (C=O) groups excluding carboxylic acids is 1. The first-order valence-corrected chi connectivity index (χ1v) is 4.09. The van der Waals surface area contributed by atoms with Gasteiger partial charge in [0.25, 0.3) is 0 Å². The molecule has 0 aromatic heterocycles. The average molecular weight is 196 g/mol. The van der Waals surface area contributed by atoms with Crippen molar-refractivity contribution in [3.8, 4) is 5.75 Å². The lowest BCUT2D eigenvalue weighted by Gasteiger charge is -2.12. The zero-order valence-electron chi connectivity index (χ0n) is 8.06. The number of ether oxygens (including phenoxy) is 2. The molecule has 1 aromatic rings. The van der Waals surface area contributed by atoms with Gasteiger partial charge in [-0.15, -0.1) is 0 Å². The van der Waals surface area contributed by atoms with Gasteiger partial charge in [0.15, 0.2) is 6.10 Å². The van der Waals surface area contributed by atoms with Gasteiger partial charge in [-0.05, 0) is 6.07 Å². The molecule has 0 amide bonds. The predicted molar refractivity (Wildman–Crippen MR) is 50.0 cm³/mol. The number of para-hydroxylation sites is 1. The maximum Gasteiger partial charge on any atom is 0.339 e. The second-order valence-electron chi connectivity index (χ2n) is 2.67. The molecule has 1 aromatic carbocycles. The third-order valence-corrected chi connectivity index (χ3v) is 1.86. The van der Waals surface area contributed by atoms with E-state index in [2.05, 4.69) is 4.74 Å². The average Bonchev–Trinajstić information content (AvgIpc) is 2.26. The van der Waals surface area contributed by atoms with Gasteiger partial charge in [0.1, 0.15) is 5.75 Å². The first kappa shape index (κ1) is 10.5. The lowest BCUT2D eigenvalue weighted by molar-refractivity contribution is -0.150. The lowest BCUT2D eigenvalue weighted by Crippen LogP contribution is -2.14. The quantitative estimate of drug-likeness (QED) is 0.730. The van der Waals surface area contributed by atoms with Crippen LogP contribution in [0.4, 0.5) is 0 Å². The van der Waals surface area contributed by atoms with E-state index in [0.29, 0.717) is 11.3 Å². The molecule has 0 radical (unpaired) electrons. The van der Waals surface area contributed by atoms with E-state index in [-0.39, 0.29) is 0 Å². The summed E-state index contributed by atoms with van der Waals surface area (Å²) in [7, 11) is 2.70. The molecule has 1 rings (SSSR count). The van der Waals surface area contributed by atoms with Gasteiger partial charge in [-0.3, -0.25) is 0 Å². The van der Waals surface area contributed by atoms with E-state index in [1.165, 1.54) is 14.2 Å². The zero-order valence-corrected chi connectivity index (χ0v) is 8.06. The van der Waals surface area contributed by atoms with Crippen LogP contribution in [0.5, 0.6) is 5.75 Å². The highest BCUT2D eigenvalue weighted by atomic mass is 16.5. The van der Waals surface area contributed by atoms with Gasteiger partial charge in [-0.1, -0.05) is 18.2 Å². The Kier molecular flexibility index (Phi) is 3.48. The summed E-state index contributed by atoms with van der Waals surface area (Å²) in [5.41, 5.74) is 0.404. The normalized spacial score (nSPS) is 11.9. The molecule has 0 saturated carbocycles. The number of hydrogen-bond acceptors (Lipinski definition) is 4. The molecule has 0 fully saturated rings. The summed E-state index contributed by atoms with van der Waals surface area (Å²) in [5, 5.41) is 9.55. The van der Waals surface area contributed by atoms with Crippen molar-refractivity contribution in [2.24, 2.45) is 0 Å². The van der Waals surface area contributed by atoms with Crippen LogP contribution in [0.25, 0.3) is 0 Å². The molecule has 0 aliphatic heterocycles. The Bertz CT molecular complexity index is 322. The maximum absolute atomic E-state index is 11.1. The van der Waals surface area contributed by atoms with Crippen molar-refractivity contribution in [2.45, 2.75) is 6.10 Å². The lowest BCUT2D eigenvalue weighted by atomic mass is 10.1. The summed E-state index contributed by atoms with van der Waals surface area (Å²) < 4.78 is 9.41. The number of aliphatic hydroxyl groups excluding tert-OH is 1. The van der Waals surface area contributed by atoms with Gasteiger partial charge >= 0.3 is 5.97 Å². The topological polar surface area (TPSA) is 55.8 Å². The SMILES string of the molecule is COC(=O)[C@@H](O)c1ccccc1OC. The van der Waals surface area contributed by atoms with Crippen LogP contribution in [0.15, 0.2) is 24.3 Å². The highest BCUT2D eigenvalue weighted by Crippen LogP contribution is 2.25. The molecule has 0 saturated heterocycles. The zero-order chi connectivity index (χ0) is 10.6. The number of hydrogen-bond donors (Lipinski definition) is 1. The Morgan fingerprint density at radius 2 is 2.00 bits per heavy atom. The molecule has 4 nitrogen and oxygen atoms in total. The van der Waals surface area contributed by atoms with Crippen LogP contribution in [0, 0.1) is 0 Å². The van der Waals surface area contributed by atoms with Gasteiger partial charge in [-0.25, -0.2) is 4.79 Å². The van der Waals surface area contributed by atoms with Gasteiger partial charge in [0, 0.05) is 5.56 Å². The first-order chi connectivity index (χ1) is 6.70. The van der Waals surface area contributed by atoms with Crippen molar-refractivity contribution in [2.75, 3.05) is 14.2 Å². The summed E-state index contributed by atoms with van der Waals surface area (Å²) >= 11 is 0. The van der Waals surface area contributed by atoms with E-state index < -0.39 is 12.1 Å². The fourth-order valence-corrected chi connectivity index (χ4v) is 1.13. The molecular formula is C10H12O4. The standard InChI is InChI=1S/C10H12O4/c1-13-8-6-4-3-5-7(8)9(11)10(12)14-2/h3-6,9,11H,1-2H3/t9-/m0/s1. The second-order valence-corrected chi connectivity index (χ2v) is 2.67. The molecule has 4 heteroatoms. The third-order valence-electron chi connectivity index (χ3n) is 1.86. The highest BCUT2D eigenvalue weighted by Gasteiger charge is 2.20. The Hall–Kier alpha value is -1.55. The van der Waals surface area contributed by atoms with Gasteiger partial charge in [-0.2, -0.15) is 0 Å². The largest absolute Gasteiger partial charge is 0.496 e. The molecule has 0 aliphatic carbocycles. The van der Waals surface area contributed by atoms with E-state index in [1.807, 2.05) is 0 Å². The summed E-state index contributed by atoms with van der Waals surface area (Å²) in [4.78, 5) is 11.1. The second kappa shape index (κ2) is 4.62. The van der Waals surface area contributed by atoms with Gasteiger partial charge in [0.05, 0.1) is 14.2 Å². The predicted octanol–water partition coefficient (Wildman–Crippen LogP) is 0.902. The minimum absolute atomic E-state index is 0.404. The Morgan fingerprint density at radius 3 is 2.57 bits per heavy atom. The fraction of sp³-hybridized carbons (Fsp3) is 0.300. The summed E-state index contributed by atoms with van der Waals surface area (Å²) in [6, 6.07) is 6.75. The highest BCUT2D eigenvalue weighted by molar-refractivity contribution is 5.77. The Morgan fingerprint density at radius 1 is 1.36 bits per heavy atom. The van der Waals surface area contributed by atoms with Crippen molar-refractivity contribution in [1.82, 2.24) is 0 Å². The molecule has 0 unspecified atom stereocenters. The van der Waals surface area contributed by atoms with Gasteiger partial charge in [0.2, 0.25) is 0 Å². The first-order valence-electron chi connectivity index (χ1n) is 4.09. The van der Waals surface area contributed by atoms with Crippen LogP contribution in [0.2, 0.25) is 0 Å². The number of aliphatic hydroxyl groups is 1. The van der Waals surface area contributed by atoms with Crippen LogP contribution >= 0.6 is 0 Å². The van der Waals surface area contributed by atoms with Crippen LogP contribution in [0.3, 0.4) is 0 Å². The number of carbonyl (C=O) groups is 1. The smallest absolute Gasteiger partial charge is 0.339 e. The number of methoxy groups -OCH3 is 2. The number of esters is 1. The summed E-state index contributed by atoms with van der Waals surface area (Å²) in [5.74, 6) is -0.236. The van der Waals surface area contributed by atoms with Crippen molar-refractivity contribution < 1.29 is 19.4 Å². The minimum Gasteiger partial charge on any atom is -0.496 e. The van der Waals surface area contributed by atoms with Crippen molar-refractivity contribution >= 4 is 5.97 Å². The van der Waals surface area contributed by atoms with E-state index in [9.17, 15) is 9.90 Å².